The van der Waals surface area contributed by atoms with E-state index >= 15 is 0 Å². The summed E-state index contributed by atoms with van der Waals surface area (Å²) in [5.74, 6) is -4.19. The van der Waals surface area contributed by atoms with Gasteiger partial charge < -0.3 is 14.2 Å². The molecule has 0 aromatic carbocycles. The molecule has 0 spiro atoms. The number of carbonyl (C=O) groups is 4. The number of hydrogen-bond donors (Lipinski definition) is 0. The van der Waals surface area contributed by atoms with Crippen LogP contribution in [-0.2, 0) is 33.4 Å². The van der Waals surface area contributed by atoms with E-state index in [4.69, 9.17) is 0 Å². The van der Waals surface area contributed by atoms with E-state index in [0.717, 1.165) is 21.3 Å². The van der Waals surface area contributed by atoms with Crippen molar-refractivity contribution in [2.45, 2.75) is 12.8 Å². The van der Waals surface area contributed by atoms with Crippen LogP contribution in [0.25, 0.3) is 0 Å². The Morgan fingerprint density at radius 3 is 1.94 bits per heavy atom. The fourth-order valence-corrected chi connectivity index (χ4v) is 2.10. The van der Waals surface area contributed by atoms with Crippen molar-refractivity contribution < 1.29 is 33.4 Å². The SMILES string of the molecule is COC(=O)C1CC(C(=O)OC)(C(=O)OC)CC1=O. The lowest BCUT2D eigenvalue weighted by molar-refractivity contribution is -0.169. The minimum absolute atomic E-state index is 0.280. The number of rotatable bonds is 3. The number of hydrogen-bond acceptors (Lipinski definition) is 7. The standard InChI is InChI=1S/C11H14O7/c1-16-8(13)6-4-11(5-7(6)12,9(14)17-2)10(15)18-3/h6H,4-5H2,1-3H3. The van der Waals surface area contributed by atoms with Crippen LogP contribution in [0.15, 0.2) is 0 Å². The molecule has 0 bridgehead atoms. The van der Waals surface area contributed by atoms with Crippen molar-refractivity contribution in [3.8, 4) is 0 Å². The summed E-state index contributed by atoms with van der Waals surface area (Å²) in [6, 6.07) is 0. The summed E-state index contributed by atoms with van der Waals surface area (Å²) in [5.41, 5.74) is -1.74. The van der Waals surface area contributed by atoms with Gasteiger partial charge in [0.15, 0.2) is 5.41 Å². The van der Waals surface area contributed by atoms with Crippen LogP contribution in [0, 0.1) is 11.3 Å². The Morgan fingerprint density at radius 1 is 1.06 bits per heavy atom. The molecule has 1 saturated carbocycles. The van der Waals surface area contributed by atoms with E-state index in [1.807, 2.05) is 0 Å². The number of methoxy groups -OCH3 is 3. The Morgan fingerprint density at radius 2 is 1.56 bits per heavy atom. The van der Waals surface area contributed by atoms with Gasteiger partial charge in [0.25, 0.3) is 0 Å². The second-order valence-electron chi connectivity index (χ2n) is 3.99. The molecule has 0 aliphatic heterocycles. The van der Waals surface area contributed by atoms with Gasteiger partial charge in [0.2, 0.25) is 0 Å². The van der Waals surface area contributed by atoms with Crippen LogP contribution >= 0.6 is 0 Å². The number of carbonyl (C=O) groups excluding carboxylic acids is 4. The molecule has 1 rings (SSSR count). The molecule has 1 atom stereocenters. The maximum Gasteiger partial charge on any atom is 0.323 e. The van der Waals surface area contributed by atoms with E-state index < -0.39 is 41.4 Å². The summed E-state index contributed by atoms with van der Waals surface area (Å²) in [4.78, 5) is 46.5. The first-order valence-corrected chi connectivity index (χ1v) is 5.20. The van der Waals surface area contributed by atoms with Gasteiger partial charge in [-0.25, -0.2) is 0 Å². The van der Waals surface area contributed by atoms with Crippen LogP contribution in [0.2, 0.25) is 0 Å². The maximum absolute atomic E-state index is 11.7. The molecule has 100 valence electrons. The quantitative estimate of drug-likeness (QED) is 0.381. The van der Waals surface area contributed by atoms with Gasteiger partial charge in [-0.1, -0.05) is 0 Å². The molecule has 7 nitrogen and oxygen atoms in total. The van der Waals surface area contributed by atoms with E-state index in [1.165, 1.54) is 0 Å². The summed E-state index contributed by atoms with van der Waals surface area (Å²) in [6.45, 7) is 0. The number of ketones is 1. The molecule has 0 aromatic rings. The molecule has 0 heterocycles. The van der Waals surface area contributed by atoms with E-state index in [0.29, 0.717) is 0 Å². The molecule has 0 amide bonds. The van der Waals surface area contributed by atoms with Crippen molar-refractivity contribution in [2.24, 2.45) is 11.3 Å². The molecule has 1 fully saturated rings. The Bertz CT molecular complexity index is 382. The minimum atomic E-state index is -1.74. The highest BCUT2D eigenvalue weighted by molar-refractivity contribution is 6.11. The summed E-state index contributed by atoms with van der Waals surface area (Å²) in [7, 11) is 3.33. The van der Waals surface area contributed by atoms with E-state index in [9.17, 15) is 19.2 Å². The molecule has 7 heteroatoms. The third-order valence-corrected chi connectivity index (χ3v) is 3.06. The second kappa shape index (κ2) is 5.16. The molecule has 0 N–H and O–H groups in total. The lowest BCUT2D eigenvalue weighted by Crippen LogP contribution is -2.39. The minimum Gasteiger partial charge on any atom is -0.468 e. The van der Waals surface area contributed by atoms with Crippen LogP contribution in [0.3, 0.4) is 0 Å². The van der Waals surface area contributed by atoms with Crippen molar-refractivity contribution in [3.05, 3.63) is 0 Å². The topological polar surface area (TPSA) is 96.0 Å². The van der Waals surface area contributed by atoms with Crippen LogP contribution < -0.4 is 0 Å². The predicted molar refractivity (Wildman–Crippen MR) is 56.2 cm³/mol. The van der Waals surface area contributed by atoms with Gasteiger partial charge in [-0.2, -0.15) is 0 Å². The Kier molecular flexibility index (Phi) is 4.05. The number of esters is 3. The van der Waals surface area contributed by atoms with Crippen molar-refractivity contribution in [3.63, 3.8) is 0 Å². The van der Waals surface area contributed by atoms with E-state index in [-0.39, 0.29) is 6.42 Å². The summed E-state index contributed by atoms with van der Waals surface area (Å²) < 4.78 is 13.5. The van der Waals surface area contributed by atoms with Crippen molar-refractivity contribution in [2.75, 3.05) is 21.3 Å². The molecule has 0 aromatic heterocycles. The van der Waals surface area contributed by atoms with Gasteiger partial charge in [-0.15, -0.1) is 0 Å². The first-order valence-electron chi connectivity index (χ1n) is 5.20. The van der Waals surface area contributed by atoms with Crippen molar-refractivity contribution >= 4 is 23.7 Å². The number of Topliss-reactive ketones (excluding diaryl/α,β-unsaturated/α-hetero) is 1. The Hall–Kier alpha value is -1.92. The molecule has 1 aliphatic rings. The Labute approximate surface area is 103 Å². The highest BCUT2D eigenvalue weighted by Gasteiger charge is 2.59. The summed E-state index contributed by atoms with van der Waals surface area (Å²) in [6.07, 6.45) is -0.691. The lowest BCUT2D eigenvalue weighted by atomic mass is 9.85. The zero-order valence-electron chi connectivity index (χ0n) is 10.3. The third-order valence-electron chi connectivity index (χ3n) is 3.06. The Balaban J connectivity index is 3.10. The molecule has 1 aliphatic carbocycles. The molecule has 1 unspecified atom stereocenters. The van der Waals surface area contributed by atoms with Gasteiger partial charge in [-0.05, 0) is 6.42 Å². The van der Waals surface area contributed by atoms with Gasteiger partial charge in [-0.3, -0.25) is 19.2 Å². The molecule has 0 radical (unpaired) electrons. The second-order valence-corrected chi connectivity index (χ2v) is 3.99. The van der Waals surface area contributed by atoms with E-state index in [1.54, 1.807) is 0 Å². The molecule has 0 saturated heterocycles. The molecular weight excluding hydrogens is 244 g/mol. The highest BCUT2D eigenvalue weighted by atomic mass is 16.5. The zero-order chi connectivity index (χ0) is 13.9. The summed E-state index contributed by atoms with van der Waals surface area (Å²) >= 11 is 0. The van der Waals surface area contributed by atoms with Gasteiger partial charge in [0.1, 0.15) is 11.7 Å². The van der Waals surface area contributed by atoms with E-state index in [2.05, 4.69) is 14.2 Å². The van der Waals surface area contributed by atoms with Gasteiger partial charge in [0.05, 0.1) is 21.3 Å². The first kappa shape index (κ1) is 14.1. The van der Waals surface area contributed by atoms with Gasteiger partial charge in [0, 0.05) is 6.42 Å². The van der Waals surface area contributed by atoms with Crippen LogP contribution in [0.5, 0.6) is 0 Å². The first-order chi connectivity index (χ1) is 8.42. The third kappa shape index (κ3) is 2.07. The van der Waals surface area contributed by atoms with Crippen LogP contribution in [0.4, 0.5) is 0 Å². The largest absolute Gasteiger partial charge is 0.468 e. The van der Waals surface area contributed by atoms with Crippen LogP contribution in [-0.4, -0.2) is 45.0 Å². The number of ether oxygens (including phenoxy) is 3. The normalized spacial score (nSPS) is 21.3. The van der Waals surface area contributed by atoms with Crippen molar-refractivity contribution in [1.82, 2.24) is 0 Å². The highest BCUT2D eigenvalue weighted by Crippen LogP contribution is 2.42. The average Bonchev–Trinajstić information content (AvgIpc) is 2.74. The fraction of sp³-hybridized carbons (Fsp3) is 0.636. The fourth-order valence-electron chi connectivity index (χ4n) is 2.10. The maximum atomic E-state index is 11.7. The zero-order valence-corrected chi connectivity index (χ0v) is 10.3. The molecular formula is C11H14O7. The van der Waals surface area contributed by atoms with Crippen molar-refractivity contribution in [1.29, 1.82) is 0 Å². The average molecular weight is 258 g/mol. The predicted octanol–water partition coefficient (Wildman–Crippen LogP) is -0.529. The monoisotopic (exact) mass is 258 g/mol. The van der Waals surface area contributed by atoms with Crippen LogP contribution in [0.1, 0.15) is 12.8 Å². The van der Waals surface area contributed by atoms with Gasteiger partial charge >= 0.3 is 17.9 Å². The smallest absolute Gasteiger partial charge is 0.323 e. The summed E-state index contributed by atoms with van der Waals surface area (Å²) in [5, 5.41) is 0. The lowest BCUT2D eigenvalue weighted by Gasteiger charge is -2.21. The molecule has 18 heavy (non-hydrogen) atoms.